The average molecular weight is 425 g/mol. The van der Waals surface area contributed by atoms with Crippen molar-refractivity contribution in [2.45, 2.75) is 38.4 Å². The Labute approximate surface area is 181 Å². The minimum absolute atomic E-state index is 0.00189. The highest BCUT2D eigenvalue weighted by molar-refractivity contribution is 6.10. The Hall–Kier alpha value is -3.20. The van der Waals surface area contributed by atoms with E-state index in [1.807, 2.05) is 33.2 Å². The van der Waals surface area contributed by atoms with Crippen molar-refractivity contribution in [1.82, 2.24) is 19.6 Å². The van der Waals surface area contributed by atoms with E-state index in [0.717, 1.165) is 13.1 Å². The van der Waals surface area contributed by atoms with Crippen LogP contribution in [0.25, 0.3) is 0 Å². The first-order chi connectivity index (χ1) is 14.8. The first-order valence-electron chi connectivity index (χ1n) is 10.5. The summed E-state index contributed by atoms with van der Waals surface area (Å²) in [7, 11) is 3.98. The van der Waals surface area contributed by atoms with E-state index in [-0.39, 0.29) is 30.7 Å². The molecule has 1 unspecified atom stereocenters. The summed E-state index contributed by atoms with van der Waals surface area (Å²) < 4.78 is 1.78. The predicted molar refractivity (Wildman–Crippen MR) is 117 cm³/mol. The van der Waals surface area contributed by atoms with Gasteiger partial charge in [0.25, 0.3) is 5.91 Å². The van der Waals surface area contributed by atoms with Crippen molar-refractivity contribution in [3.05, 3.63) is 42.2 Å². The van der Waals surface area contributed by atoms with Gasteiger partial charge >= 0.3 is 0 Å². The summed E-state index contributed by atoms with van der Waals surface area (Å²) in [5.74, 6) is -0.339. The lowest BCUT2D eigenvalue weighted by molar-refractivity contribution is -0.117. The Morgan fingerprint density at radius 3 is 2.77 bits per heavy atom. The first-order valence-corrected chi connectivity index (χ1v) is 10.5. The molecule has 3 amide bonds. The number of carbonyl (C=O) groups excluding carboxylic acids is 3. The number of amides is 3. The summed E-state index contributed by atoms with van der Waals surface area (Å²) in [5.41, 5.74) is 1.03. The fourth-order valence-corrected chi connectivity index (χ4v) is 4.33. The molecular weight excluding hydrogens is 396 g/mol. The zero-order valence-electron chi connectivity index (χ0n) is 18.2. The standard InChI is InChI=1S/C22H28N6O3/c1-22-10-8-20(30)28(22)18-7-5-4-6-17(18)21(31)27(22)11-9-19(29)24-16-14-23-26(15-16)13-12-25(2)3/h4-7,14-15H,8-13H2,1-3H3,(H,24,29). The monoisotopic (exact) mass is 424 g/mol. The van der Waals surface area contributed by atoms with Gasteiger partial charge in [0.2, 0.25) is 11.8 Å². The Balaban J connectivity index is 1.44. The summed E-state index contributed by atoms with van der Waals surface area (Å²) in [6.45, 7) is 3.71. The van der Waals surface area contributed by atoms with E-state index in [4.69, 9.17) is 0 Å². The number of likely N-dealkylation sites (N-methyl/N-ethyl adjacent to an activating group) is 1. The summed E-state index contributed by atoms with van der Waals surface area (Å²) in [5, 5.41) is 7.11. The molecule has 2 aromatic rings. The number of rotatable bonds is 7. The van der Waals surface area contributed by atoms with Crippen molar-refractivity contribution < 1.29 is 14.4 Å². The number of hydrogen-bond acceptors (Lipinski definition) is 5. The summed E-state index contributed by atoms with van der Waals surface area (Å²) in [6.07, 6.45) is 4.48. The smallest absolute Gasteiger partial charge is 0.257 e. The van der Waals surface area contributed by atoms with Crippen LogP contribution in [0.15, 0.2) is 36.7 Å². The molecule has 9 nitrogen and oxygen atoms in total. The highest BCUT2D eigenvalue weighted by atomic mass is 16.2. The Bertz CT molecular complexity index is 1020. The average Bonchev–Trinajstić information content (AvgIpc) is 3.30. The van der Waals surface area contributed by atoms with Gasteiger partial charge in [-0.05, 0) is 39.6 Å². The molecule has 0 bridgehead atoms. The minimum atomic E-state index is -0.750. The number of carbonyl (C=O) groups is 3. The molecule has 0 saturated carbocycles. The molecule has 2 aliphatic heterocycles. The van der Waals surface area contributed by atoms with Gasteiger partial charge in [0, 0.05) is 32.1 Å². The van der Waals surface area contributed by atoms with E-state index < -0.39 is 5.66 Å². The van der Waals surface area contributed by atoms with Gasteiger partial charge in [0.05, 0.1) is 29.7 Å². The van der Waals surface area contributed by atoms with E-state index >= 15 is 0 Å². The zero-order valence-corrected chi connectivity index (χ0v) is 18.2. The molecule has 2 aliphatic rings. The number of nitrogens with one attached hydrogen (secondary N) is 1. The van der Waals surface area contributed by atoms with E-state index in [1.165, 1.54) is 0 Å². The van der Waals surface area contributed by atoms with E-state index in [0.29, 0.717) is 29.8 Å². The van der Waals surface area contributed by atoms with Crippen LogP contribution in [0.5, 0.6) is 0 Å². The van der Waals surface area contributed by atoms with Crippen LogP contribution in [0.1, 0.15) is 36.5 Å². The van der Waals surface area contributed by atoms with Gasteiger partial charge in [-0.2, -0.15) is 5.10 Å². The topological polar surface area (TPSA) is 90.8 Å². The fraction of sp³-hybridized carbons (Fsp3) is 0.455. The van der Waals surface area contributed by atoms with Crippen molar-refractivity contribution in [3.63, 3.8) is 0 Å². The van der Waals surface area contributed by atoms with Gasteiger partial charge in [-0.25, -0.2) is 0 Å². The summed E-state index contributed by atoms with van der Waals surface area (Å²) in [6, 6.07) is 7.17. The molecule has 0 spiro atoms. The Morgan fingerprint density at radius 1 is 1.23 bits per heavy atom. The molecule has 0 radical (unpaired) electrons. The van der Waals surface area contributed by atoms with Gasteiger partial charge in [-0.3, -0.25) is 24.0 Å². The normalized spacial score (nSPS) is 20.3. The number of hydrogen-bond donors (Lipinski definition) is 1. The quantitative estimate of drug-likeness (QED) is 0.732. The maximum absolute atomic E-state index is 13.2. The van der Waals surface area contributed by atoms with E-state index in [1.54, 1.807) is 39.0 Å². The molecule has 1 aromatic heterocycles. The van der Waals surface area contributed by atoms with Crippen LogP contribution in [-0.2, 0) is 16.1 Å². The maximum Gasteiger partial charge on any atom is 0.257 e. The molecule has 4 rings (SSSR count). The predicted octanol–water partition coefficient (Wildman–Crippen LogP) is 1.77. The van der Waals surface area contributed by atoms with Gasteiger partial charge in [0.15, 0.2) is 0 Å². The molecule has 9 heteroatoms. The maximum atomic E-state index is 13.2. The third kappa shape index (κ3) is 3.93. The minimum Gasteiger partial charge on any atom is -0.323 e. The molecular formula is C22H28N6O3. The lowest BCUT2D eigenvalue weighted by Crippen LogP contribution is -2.62. The summed E-state index contributed by atoms with van der Waals surface area (Å²) in [4.78, 5) is 43.8. The Kier molecular flexibility index (Phi) is 5.53. The van der Waals surface area contributed by atoms with Crippen LogP contribution in [0, 0.1) is 0 Å². The van der Waals surface area contributed by atoms with Gasteiger partial charge in [-0.1, -0.05) is 12.1 Å². The van der Waals surface area contributed by atoms with Crippen LogP contribution in [-0.4, -0.2) is 70.1 Å². The largest absolute Gasteiger partial charge is 0.323 e. The van der Waals surface area contributed by atoms with E-state index in [9.17, 15) is 14.4 Å². The number of anilines is 2. The molecule has 0 aliphatic carbocycles. The third-order valence-electron chi connectivity index (χ3n) is 6.00. The lowest BCUT2D eigenvalue weighted by atomic mass is 9.98. The SMILES string of the molecule is CN(C)CCn1cc(NC(=O)CCN2C(=O)c3ccccc3N3C(=O)CCC23C)cn1. The highest BCUT2D eigenvalue weighted by Crippen LogP contribution is 2.43. The van der Waals surface area contributed by atoms with Crippen LogP contribution in [0.2, 0.25) is 0 Å². The molecule has 31 heavy (non-hydrogen) atoms. The number of para-hydroxylation sites is 1. The second-order valence-electron chi connectivity index (χ2n) is 8.51. The molecule has 164 valence electrons. The number of aromatic nitrogens is 2. The molecule has 1 saturated heterocycles. The van der Waals surface area contributed by atoms with Crippen LogP contribution in [0.4, 0.5) is 11.4 Å². The van der Waals surface area contributed by atoms with Gasteiger partial charge < -0.3 is 15.1 Å². The van der Waals surface area contributed by atoms with Crippen molar-refractivity contribution in [3.8, 4) is 0 Å². The van der Waals surface area contributed by atoms with Crippen molar-refractivity contribution in [1.29, 1.82) is 0 Å². The van der Waals surface area contributed by atoms with Crippen molar-refractivity contribution in [2.24, 2.45) is 0 Å². The zero-order chi connectivity index (χ0) is 22.2. The van der Waals surface area contributed by atoms with Crippen molar-refractivity contribution >= 4 is 29.1 Å². The van der Waals surface area contributed by atoms with Gasteiger partial charge in [0.1, 0.15) is 5.66 Å². The third-order valence-corrected chi connectivity index (χ3v) is 6.00. The molecule has 1 aromatic carbocycles. The number of benzene rings is 1. The lowest BCUT2D eigenvalue weighted by Gasteiger charge is -2.48. The van der Waals surface area contributed by atoms with Crippen LogP contribution >= 0.6 is 0 Å². The number of nitrogens with zero attached hydrogens (tertiary/aromatic N) is 5. The molecule has 3 heterocycles. The first kappa shape index (κ1) is 21.0. The number of fused-ring (bicyclic) bond motifs is 3. The molecule has 1 atom stereocenters. The molecule has 1 fully saturated rings. The van der Waals surface area contributed by atoms with E-state index in [2.05, 4.69) is 15.3 Å². The second-order valence-corrected chi connectivity index (χ2v) is 8.51. The van der Waals surface area contributed by atoms with Crippen LogP contribution < -0.4 is 10.2 Å². The highest BCUT2D eigenvalue weighted by Gasteiger charge is 2.52. The van der Waals surface area contributed by atoms with Gasteiger partial charge in [-0.15, -0.1) is 0 Å². The second kappa shape index (κ2) is 8.14. The van der Waals surface area contributed by atoms with Crippen LogP contribution in [0.3, 0.4) is 0 Å². The van der Waals surface area contributed by atoms with Crippen molar-refractivity contribution in [2.75, 3.05) is 37.4 Å². The summed E-state index contributed by atoms with van der Waals surface area (Å²) >= 11 is 0. The Morgan fingerprint density at radius 2 is 2.00 bits per heavy atom. The fourth-order valence-electron chi connectivity index (χ4n) is 4.33. The molecule has 1 N–H and O–H groups in total.